The Morgan fingerprint density at radius 2 is 0.672 bits per heavy atom. The van der Waals surface area contributed by atoms with E-state index in [0.29, 0.717) is 0 Å². The van der Waals surface area contributed by atoms with Crippen LogP contribution in [0.15, 0.2) is 237 Å². The van der Waals surface area contributed by atoms with Gasteiger partial charge in [0.1, 0.15) is 0 Å². The van der Waals surface area contributed by atoms with E-state index < -0.39 is 5.41 Å². The van der Waals surface area contributed by atoms with Crippen molar-refractivity contribution in [3.8, 4) is 61.3 Å². The number of nitrogens with zero attached hydrogens (tertiary/aromatic N) is 1. The number of benzene rings is 11. The largest absolute Gasteiger partial charge is 0.309 e. The zero-order chi connectivity index (χ0) is 41.9. The number of para-hydroxylation sites is 2. The Bertz CT molecular complexity index is 3790. The van der Waals surface area contributed by atoms with Crippen LogP contribution in [-0.2, 0) is 5.41 Å². The molecule has 0 N–H and O–H groups in total. The first kappa shape index (κ1) is 35.3. The second kappa shape index (κ2) is 13.4. The number of rotatable bonds is 4. The van der Waals surface area contributed by atoms with Gasteiger partial charge in [0.25, 0.3) is 0 Å². The molecule has 1 heteroatoms. The summed E-state index contributed by atoms with van der Waals surface area (Å²) in [6.07, 6.45) is 0. The Hall–Kier alpha value is -8.26. The first-order valence-corrected chi connectivity index (χ1v) is 22.3. The molecular weight excluding hydrogens is 771 g/mol. The van der Waals surface area contributed by atoms with Crippen LogP contribution in [0.2, 0.25) is 0 Å². The van der Waals surface area contributed by atoms with Gasteiger partial charge in [-0.15, -0.1) is 0 Å². The zero-order valence-electron chi connectivity index (χ0n) is 35.0. The van der Waals surface area contributed by atoms with Crippen molar-refractivity contribution in [2.45, 2.75) is 5.41 Å². The second-order valence-electron chi connectivity index (χ2n) is 17.5. The number of fused-ring (bicyclic) bond motifs is 15. The Kier molecular flexibility index (Phi) is 7.38. The van der Waals surface area contributed by atoms with E-state index in [1.165, 1.54) is 127 Å². The minimum absolute atomic E-state index is 0.509. The summed E-state index contributed by atoms with van der Waals surface area (Å²) in [5.74, 6) is 0. The van der Waals surface area contributed by atoms with Gasteiger partial charge in [-0.05, 0) is 136 Å². The van der Waals surface area contributed by atoms with Gasteiger partial charge in [0.05, 0.1) is 16.4 Å². The number of aromatic nitrogens is 1. The van der Waals surface area contributed by atoms with E-state index >= 15 is 0 Å². The van der Waals surface area contributed by atoms with E-state index in [9.17, 15) is 0 Å². The predicted octanol–water partition coefficient (Wildman–Crippen LogP) is 16.4. The molecule has 14 rings (SSSR count). The SMILES string of the molecule is c1ccc(-c2c3ccccc3c(-c3ccccc3)c3cc(-c4ccc5c(c4)C4(c6ccccc6-c6ccccc64)c4cc(-n6c7ccccc7c7ccccc76)ccc4-5)ccc23)cc1. The van der Waals surface area contributed by atoms with Crippen LogP contribution in [-0.4, -0.2) is 4.57 Å². The van der Waals surface area contributed by atoms with Gasteiger partial charge in [0, 0.05) is 16.5 Å². The van der Waals surface area contributed by atoms with Gasteiger partial charge < -0.3 is 4.57 Å². The molecule has 0 saturated heterocycles. The Labute approximate surface area is 371 Å². The lowest BCUT2D eigenvalue weighted by molar-refractivity contribution is 0.793. The van der Waals surface area contributed by atoms with E-state index in [0.717, 1.165) is 0 Å². The van der Waals surface area contributed by atoms with E-state index in [2.05, 4.69) is 241 Å². The summed E-state index contributed by atoms with van der Waals surface area (Å²) < 4.78 is 2.46. The molecule has 2 aliphatic carbocycles. The van der Waals surface area contributed by atoms with Gasteiger partial charge in [-0.25, -0.2) is 0 Å². The number of hydrogen-bond acceptors (Lipinski definition) is 0. The highest BCUT2D eigenvalue weighted by Crippen LogP contribution is 2.63. The molecule has 0 amide bonds. The van der Waals surface area contributed by atoms with Crippen LogP contribution in [0.5, 0.6) is 0 Å². The molecule has 11 aromatic carbocycles. The molecule has 0 fully saturated rings. The summed E-state index contributed by atoms with van der Waals surface area (Å²) in [7, 11) is 0. The average Bonchev–Trinajstić information content (AvgIpc) is 3.97. The summed E-state index contributed by atoms with van der Waals surface area (Å²) in [5, 5.41) is 7.59. The molecule has 296 valence electrons. The molecule has 12 aromatic rings. The molecule has 0 saturated carbocycles. The van der Waals surface area contributed by atoms with Crippen molar-refractivity contribution in [2.75, 3.05) is 0 Å². The molecule has 0 aliphatic heterocycles. The first-order valence-electron chi connectivity index (χ1n) is 22.3. The Morgan fingerprint density at radius 1 is 0.250 bits per heavy atom. The van der Waals surface area contributed by atoms with Crippen molar-refractivity contribution in [1.29, 1.82) is 0 Å². The van der Waals surface area contributed by atoms with Crippen molar-refractivity contribution in [3.63, 3.8) is 0 Å². The van der Waals surface area contributed by atoms with Crippen molar-refractivity contribution < 1.29 is 0 Å². The topological polar surface area (TPSA) is 4.93 Å². The fourth-order valence-electron chi connectivity index (χ4n) is 11.8. The molecule has 0 atom stereocenters. The first-order chi connectivity index (χ1) is 31.8. The maximum Gasteiger partial charge on any atom is 0.0726 e. The van der Waals surface area contributed by atoms with Gasteiger partial charge in [0.15, 0.2) is 0 Å². The normalized spacial score (nSPS) is 13.1. The highest BCUT2D eigenvalue weighted by molar-refractivity contribution is 6.22. The Morgan fingerprint density at radius 3 is 1.28 bits per heavy atom. The van der Waals surface area contributed by atoms with Gasteiger partial charge in [-0.2, -0.15) is 0 Å². The quantitative estimate of drug-likeness (QED) is 0.156. The van der Waals surface area contributed by atoms with Gasteiger partial charge in [-0.1, -0.05) is 200 Å². The van der Waals surface area contributed by atoms with E-state index in [1.54, 1.807) is 0 Å². The fraction of sp³-hybridized carbons (Fsp3) is 0.0159. The monoisotopic (exact) mass is 809 g/mol. The van der Waals surface area contributed by atoms with Gasteiger partial charge in [-0.3, -0.25) is 0 Å². The molecule has 1 spiro atoms. The lowest BCUT2D eigenvalue weighted by Gasteiger charge is -2.31. The maximum atomic E-state index is 2.52. The smallest absolute Gasteiger partial charge is 0.0726 e. The summed E-state index contributed by atoms with van der Waals surface area (Å²) >= 11 is 0. The Balaban J connectivity index is 1.04. The summed E-state index contributed by atoms with van der Waals surface area (Å²) in [4.78, 5) is 0. The molecular formula is C63H39N. The van der Waals surface area contributed by atoms with Crippen molar-refractivity contribution in [1.82, 2.24) is 4.57 Å². The van der Waals surface area contributed by atoms with Crippen LogP contribution in [0, 0.1) is 0 Å². The molecule has 1 nitrogen and oxygen atoms in total. The number of hydrogen-bond donors (Lipinski definition) is 0. The standard InChI is InChI=1S/C63H39N/c1-3-17-40(18-4-1)61-51-25-7-8-26-52(51)62(41-19-5-2-6-20-41)54-37-42(32-35-53(54)61)43-31-34-47-48-36-33-44(64-59-29-15-11-23-49(59)50-24-12-16-30-60(50)64)39-58(48)63(57(47)38-43)55-27-13-9-21-45(55)46-22-10-14-28-56(46)63/h1-39H. The molecule has 1 heterocycles. The van der Waals surface area contributed by atoms with Crippen molar-refractivity contribution in [2.24, 2.45) is 0 Å². The highest BCUT2D eigenvalue weighted by Gasteiger charge is 2.51. The van der Waals surface area contributed by atoms with E-state index in [4.69, 9.17) is 0 Å². The lowest BCUT2D eigenvalue weighted by atomic mass is 9.70. The zero-order valence-corrected chi connectivity index (χ0v) is 35.0. The highest BCUT2D eigenvalue weighted by atomic mass is 15.0. The molecule has 0 radical (unpaired) electrons. The van der Waals surface area contributed by atoms with Gasteiger partial charge >= 0.3 is 0 Å². The molecule has 2 aliphatic rings. The third-order valence-electron chi connectivity index (χ3n) is 14.4. The summed E-state index contributed by atoms with van der Waals surface area (Å²) in [6.45, 7) is 0. The molecule has 0 bridgehead atoms. The van der Waals surface area contributed by atoms with Crippen LogP contribution < -0.4 is 0 Å². The third-order valence-corrected chi connectivity index (χ3v) is 14.4. The second-order valence-corrected chi connectivity index (χ2v) is 17.5. The molecule has 64 heavy (non-hydrogen) atoms. The van der Waals surface area contributed by atoms with Crippen LogP contribution in [0.1, 0.15) is 22.3 Å². The van der Waals surface area contributed by atoms with E-state index in [1.807, 2.05) is 0 Å². The summed E-state index contributed by atoms with van der Waals surface area (Å²) in [6, 6.07) is 88.4. The minimum Gasteiger partial charge on any atom is -0.309 e. The lowest BCUT2D eigenvalue weighted by Crippen LogP contribution is -2.26. The predicted molar refractivity (Wildman–Crippen MR) is 268 cm³/mol. The van der Waals surface area contributed by atoms with Gasteiger partial charge in [0.2, 0.25) is 0 Å². The van der Waals surface area contributed by atoms with Crippen LogP contribution in [0.25, 0.3) is 105 Å². The van der Waals surface area contributed by atoms with Crippen molar-refractivity contribution in [3.05, 3.63) is 259 Å². The van der Waals surface area contributed by atoms with Crippen LogP contribution in [0.3, 0.4) is 0 Å². The van der Waals surface area contributed by atoms with Crippen LogP contribution >= 0.6 is 0 Å². The van der Waals surface area contributed by atoms with Crippen molar-refractivity contribution >= 4 is 43.4 Å². The average molecular weight is 810 g/mol. The molecule has 1 aromatic heterocycles. The fourth-order valence-corrected chi connectivity index (χ4v) is 11.8. The molecule has 0 unspecified atom stereocenters. The third kappa shape index (κ3) is 4.73. The van der Waals surface area contributed by atoms with E-state index in [-0.39, 0.29) is 0 Å². The summed E-state index contributed by atoms with van der Waals surface area (Å²) in [5.41, 5.74) is 21.1. The van der Waals surface area contributed by atoms with Crippen LogP contribution in [0.4, 0.5) is 0 Å². The minimum atomic E-state index is -0.509. The maximum absolute atomic E-state index is 2.52.